The summed E-state index contributed by atoms with van der Waals surface area (Å²) in [6.07, 6.45) is 0.763. The van der Waals surface area contributed by atoms with Gasteiger partial charge in [0.25, 0.3) is 0 Å². The lowest BCUT2D eigenvalue weighted by Gasteiger charge is -2.16. The van der Waals surface area contributed by atoms with Gasteiger partial charge in [-0.1, -0.05) is 0 Å². The van der Waals surface area contributed by atoms with Gasteiger partial charge < -0.3 is 9.47 Å². The molecule has 1 aromatic heterocycles. The Morgan fingerprint density at radius 2 is 2.33 bits per heavy atom. The number of nitrogens with one attached hydrogen (secondary N) is 2. The zero-order chi connectivity index (χ0) is 13.1. The summed E-state index contributed by atoms with van der Waals surface area (Å²) < 4.78 is 10.1. The van der Waals surface area contributed by atoms with Gasteiger partial charge in [0.2, 0.25) is 11.9 Å². The minimum absolute atomic E-state index is 0.0926. The lowest BCUT2D eigenvalue weighted by atomic mass is 10.2. The fourth-order valence-electron chi connectivity index (χ4n) is 2.02. The average Bonchev–Trinajstić information content (AvgIpc) is 2.95. The van der Waals surface area contributed by atoms with Crippen molar-refractivity contribution >= 4 is 11.9 Å². The van der Waals surface area contributed by atoms with Gasteiger partial charge in [-0.3, -0.25) is 15.0 Å². The zero-order valence-electron chi connectivity index (χ0n) is 10.6. The van der Waals surface area contributed by atoms with Gasteiger partial charge in [0, 0.05) is 13.7 Å². The molecule has 0 unspecified atom stereocenters. The molecule has 8 heteroatoms. The predicted molar refractivity (Wildman–Crippen MR) is 63.4 cm³/mol. The van der Waals surface area contributed by atoms with Crippen LogP contribution in [0.25, 0.3) is 0 Å². The molecule has 1 saturated heterocycles. The highest BCUT2D eigenvalue weighted by molar-refractivity contribution is 5.93. The highest BCUT2D eigenvalue weighted by atomic mass is 16.5. The van der Waals surface area contributed by atoms with Gasteiger partial charge in [-0.2, -0.15) is 4.98 Å². The maximum Gasteiger partial charge on any atom is 0.336 e. The number of hydrogen-bond acceptors (Lipinski definition) is 6. The van der Waals surface area contributed by atoms with E-state index in [1.165, 1.54) is 7.11 Å². The Labute approximate surface area is 105 Å². The number of likely N-dealkylation sites (N-methyl/N-ethyl adjacent to an activating group) is 1. The van der Waals surface area contributed by atoms with Crippen LogP contribution in [-0.2, 0) is 9.53 Å². The summed E-state index contributed by atoms with van der Waals surface area (Å²) in [4.78, 5) is 17.9. The molecule has 2 heterocycles. The third-order valence-electron chi connectivity index (χ3n) is 3.03. The second kappa shape index (κ2) is 5.32. The second-order valence-electron chi connectivity index (χ2n) is 4.21. The Morgan fingerprint density at radius 3 is 2.89 bits per heavy atom. The molecule has 0 radical (unpaired) electrons. The van der Waals surface area contributed by atoms with Crippen LogP contribution in [0.5, 0.6) is 6.01 Å². The highest BCUT2D eigenvalue weighted by Crippen LogP contribution is 2.19. The minimum Gasteiger partial charge on any atom is -0.466 e. The van der Waals surface area contributed by atoms with Crippen molar-refractivity contribution in [2.24, 2.45) is 0 Å². The normalized spacial score (nSPS) is 24.2. The van der Waals surface area contributed by atoms with Crippen molar-refractivity contribution in [1.29, 1.82) is 0 Å². The molecule has 0 spiro atoms. The molecular weight excluding hydrogens is 238 g/mol. The van der Waals surface area contributed by atoms with Crippen molar-refractivity contribution in [3.8, 4) is 6.01 Å². The number of amides is 1. The quantitative estimate of drug-likeness (QED) is 0.751. The highest BCUT2D eigenvalue weighted by Gasteiger charge is 2.34. The summed E-state index contributed by atoms with van der Waals surface area (Å²) in [6, 6.07) is -0.0223. The standard InChI is InChI=1S/C10H17N5O3/c1-15-5-6(17-2)4-7(15)8(16)11-9-12-10(18-3)14-13-9/h6-7H,4-5H2,1-3H3,(H2,11,12,13,14,16)/t6-,7-/m0/s1. The molecule has 0 saturated carbocycles. The number of methoxy groups -OCH3 is 2. The molecular formula is C10H17N5O3. The van der Waals surface area contributed by atoms with E-state index < -0.39 is 0 Å². The number of aromatic amines is 1. The van der Waals surface area contributed by atoms with E-state index in [1.807, 2.05) is 11.9 Å². The van der Waals surface area contributed by atoms with Gasteiger partial charge in [-0.05, 0) is 13.5 Å². The third-order valence-corrected chi connectivity index (χ3v) is 3.03. The van der Waals surface area contributed by atoms with Crippen LogP contribution in [0, 0.1) is 0 Å². The molecule has 100 valence electrons. The fraction of sp³-hybridized carbons (Fsp3) is 0.700. The number of aromatic nitrogens is 3. The number of nitrogens with zero attached hydrogens (tertiary/aromatic N) is 3. The maximum absolute atomic E-state index is 12.0. The van der Waals surface area contributed by atoms with Crippen LogP contribution >= 0.6 is 0 Å². The molecule has 1 aliphatic heterocycles. The first kappa shape index (κ1) is 12.8. The molecule has 2 atom stereocenters. The molecule has 1 fully saturated rings. The average molecular weight is 255 g/mol. The number of carbonyl (C=O) groups is 1. The molecule has 0 aliphatic carbocycles. The SMILES string of the molecule is COc1n[nH]c(NC(=O)[C@@H]2C[C@H](OC)CN2C)n1. The molecule has 0 aromatic carbocycles. The van der Waals surface area contributed by atoms with E-state index >= 15 is 0 Å². The largest absolute Gasteiger partial charge is 0.466 e. The number of anilines is 1. The zero-order valence-corrected chi connectivity index (χ0v) is 10.6. The lowest BCUT2D eigenvalue weighted by molar-refractivity contribution is -0.120. The number of ether oxygens (including phenoxy) is 2. The summed E-state index contributed by atoms with van der Waals surface area (Å²) in [7, 11) is 5.01. The van der Waals surface area contributed by atoms with Crippen LogP contribution in [0.1, 0.15) is 6.42 Å². The van der Waals surface area contributed by atoms with Crippen LogP contribution in [0.15, 0.2) is 0 Å². The summed E-state index contributed by atoms with van der Waals surface area (Å²) in [6.45, 7) is 0.744. The fourth-order valence-corrected chi connectivity index (χ4v) is 2.02. The molecule has 1 amide bonds. The first-order valence-electron chi connectivity index (χ1n) is 5.64. The van der Waals surface area contributed by atoms with Gasteiger partial charge in [0.1, 0.15) is 0 Å². The summed E-state index contributed by atoms with van der Waals surface area (Å²) in [5.74, 6) is 0.155. The van der Waals surface area contributed by atoms with Crippen LogP contribution in [0.4, 0.5) is 5.95 Å². The first-order chi connectivity index (χ1) is 8.63. The topological polar surface area (TPSA) is 92.4 Å². The van der Waals surface area contributed by atoms with Gasteiger partial charge in [0.15, 0.2) is 0 Å². The van der Waals surface area contributed by atoms with E-state index in [9.17, 15) is 4.79 Å². The summed E-state index contributed by atoms with van der Waals surface area (Å²) in [5, 5.41) is 9.00. The van der Waals surface area contributed by atoms with Crippen LogP contribution in [0.3, 0.4) is 0 Å². The minimum atomic E-state index is -0.217. The molecule has 1 aromatic rings. The Balaban J connectivity index is 1.95. The number of rotatable bonds is 4. The van der Waals surface area contributed by atoms with Gasteiger partial charge >= 0.3 is 6.01 Å². The molecule has 1 aliphatic rings. The van der Waals surface area contributed by atoms with Crippen molar-refractivity contribution in [3.63, 3.8) is 0 Å². The molecule has 18 heavy (non-hydrogen) atoms. The van der Waals surface area contributed by atoms with E-state index in [0.29, 0.717) is 6.42 Å². The Hall–Kier alpha value is -1.67. The summed E-state index contributed by atoms with van der Waals surface area (Å²) in [5.41, 5.74) is 0. The summed E-state index contributed by atoms with van der Waals surface area (Å²) >= 11 is 0. The number of hydrogen-bond donors (Lipinski definition) is 2. The van der Waals surface area contributed by atoms with Crippen molar-refractivity contribution < 1.29 is 14.3 Å². The van der Waals surface area contributed by atoms with E-state index in [0.717, 1.165) is 6.54 Å². The van der Waals surface area contributed by atoms with E-state index in [2.05, 4.69) is 20.5 Å². The molecule has 8 nitrogen and oxygen atoms in total. The Morgan fingerprint density at radius 1 is 1.56 bits per heavy atom. The third kappa shape index (κ3) is 2.59. The molecule has 2 rings (SSSR count). The molecule has 2 N–H and O–H groups in total. The monoisotopic (exact) mass is 255 g/mol. The van der Waals surface area contributed by atoms with Gasteiger partial charge in [-0.25, -0.2) is 5.10 Å². The van der Waals surface area contributed by atoms with Crippen molar-refractivity contribution in [1.82, 2.24) is 20.1 Å². The van der Waals surface area contributed by atoms with Gasteiger partial charge in [-0.15, -0.1) is 5.10 Å². The predicted octanol–water partition coefficient (Wildman–Crippen LogP) is -0.529. The maximum atomic E-state index is 12.0. The Bertz CT molecular complexity index is 421. The van der Waals surface area contributed by atoms with Crippen LogP contribution in [0.2, 0.25) is 0 Å². The number of likely N-dealkylation sites (tertiary alicyclic amines) is 1. The van der Waals surface area contributed by atoms with Crippen molar-refractivity contribution in [3.05, 3.63) is 0 Å². The number of carbonyl (C=O) groups excluding carboxylic acids is 1. The Kier molecular flexibility index (Phi) is 3.78. The lowest BCUT2D eigenvalue weighted by Crippen LogP contribution is -2.37. The second-order valence-corrected chi connectivity index (χ2v) is 4.21. The van der Waals surface area contributed by atoms with Gasteiger partial charge in [0.05, 0.1) is 19.3 Å². The van der Waals surface area contributed by atoms with E-state index in [4.69, 9.17) is 9.47 Å². The van der Waals surface area contributed by atoms with Crippen LogP contribution in [-0.4, -0.2) is 65.9 Å². The van der Waals surface area contributed by atoms with Crippen molar-refractivity contribution in [2.75, 3.05) is 33.1 Å². The van der Waals surface area contributed by atoms with E-state index in [-0.39, 0.29) is 30.0 Å². The van der Waals surface area contributed by atoms with Crippen LogP contribution < -0.4 is 10.1 Å². The smallest absolute Gasteiger partial charge is 0.336 e. The van der Waals surface area contributed by atoms with E-state index in [1.54, 1.807) is 7.11 Å². The van der Waals surface area contributed by atoms with Crippen molar-refractivity contribution in [2.45, 2.75) is 18.6 Å². The molecule has 0 bridgehead atoms. The first-order valence-corrected chi connectivity index (χ1v) is 5.64. The number of H-pyrrole nitrogens is 1.